The molecule has 2 aromatic carbocycles. The second-order valence-electron chi connectivity index (χ2n) is 9.31. The van der Waals surface area contributed by atoms with Crippen molar-refractivity contribution < 1.29 is 19.1 Å². The number of rotatable bonds is 7. The van der Waals surface area contributed by atoms with Crippen LogP contribution < -0.4 is 10.2 Å². The summed E-state index contributed by atoms with van der Waals surface area (Å²) in [6.07, 6.45) is 1.81. The van der Waals surface area contributed by atoms with Crippen LogP contribution in [0.5, 0.6) is 0 Å². The molecule has 0 aliphatic rings. The van der Waals surface area contributed by atoms with E-state index in [2.05, 4.69) is 25.4 Å². The predicted molar refractivity (Wildman–Crippen MR) is 140 cm³/mol. The van der Waals surface area contributed by atoms with E-state index in [1.54, 1.807) is 70.4 Å². The van der Waals surface area contributed by atoms with Crippen LogP contribution in [0.2, 0.25) is 0 Å². The Balaban J connectivity index is 1.70. The van der Waals surface area contributed by atoms with Crippen LogP contribution in [0.3, 0.4) is 0 Å². The molecule has 2 amide bonds. The number of hydrogen-bond donors (Lipinski definition) is 1. The molecule has 0 saturated heterocycles. The number of aromatic nitrogens is 5. The van der Waals surface area contributed by atoms with Gasteiger partial charge < -0.3 is 14.8 Å². The molecule has 38 heavy (non-hydrogen) atoms. The zero-order chi connectivity index (χ0) is 27.1. The molecular formula is C27H29N7O4. The van der Waals surface area contributed by atoms with Crippen LogP contribution in [0, 0.1) is 0 Å². The van der Waals surface area contributed by atoms with E-state index >= 15 is 0 Å². The Morgan fingerprint density at radius 2 is 1.61 bits per heavy atom. The number of nitrogens with one attached hydrogen (secondary N) is 1. The molecule has 11 heteroatoms. The molecule has 0 spiro atoms. The average Bonchev–Trinajstić information content (AvgIpc) is 3.33. The maximum atomic E-state index is 13.4. The van der Waals surface area contributed by atoms with E-state index in [-0.39, 0.29) is 24.3 Å². The van der Waals surface area contributed by atoms with Gasteiger partial charge in [0, 0.05) is 12.4 Å². The van der Waals surface area contributed by atoms with Gasteiger partial charge in [-0.3, -0.25) is 0 Å². The maximum absolute atomic E-state index is 13.4. The van der Waals surface area contributed by atoms with E-state index in [9.17, 15) is 9.59 Å². The molecule has 4 rings (SSSR count). The van der Waals surface area contributed by atoms with Gasteiger partial charge in [-0.2, -0.15) is 9.67 Å². The maximum Gasteiger partial charge on any atom is 0.421 e. The highest BCUT2D eigenvalue weighted by atomic mass is 16.6. The molecule has 2 aromatic heterocycles. The smallest absolute Gasteiger partial charge is 0.421 e. The van der Waals surface area contributed by atoms with Crippen molar-refractivity contribution in [3.63, 3.8) is 0 Å². The van der Waals surface area contributed by atoms with Crippen LogP contribution in [0.15, 0.2) is 79.1 Å². The van der Waals surface area contributed by atoms with Crippen molar-refractivity contribution in [3.05, 3.63) is 90.5 Å². The minimum atomic E-state index is -0.683. The van der Waals surface area contributed by atoms with E-state index in [1.807, 2.05) is 36.4 Å². The summed E-state index contributed by atoms with van der Waals surface area (Å²) in [5.41, 5.74) is 0.648. The molecule has 1 atom stereocenters. The lowest BCUT2D eigenvalue weighted by Gasteiger charge is -2.21. The van der Waals surface area contributed by atoms with E-state index in [0.717, 1.165) is 5.56 Å². The first-order chi connectivity index (χ1) is 18.2. The molecule has 2 heterocycles. The third-order valence-electron chi connectivity index (χ3n) is 5.09. The number of carbonyl (C=O) groups excluding carboxylic acids is 2. The normalized spacial score (nSPS) is 11.9. The molecule has 0 radical (unpaired) electrons. The lowest BCUT2D eigenvalue weighted by atomic mass is 10.2. The van der Waals surface area contributed by atoms with Gasteiger partial charge in [-0.1, -0.05) is 48.5 Å². The number of benzene rings is 2. The monoisotopic (exact) mass is 515 g/mol. The fourth-order valence-electron chi connectivity index (χ4n) is 3.45. The summed E-state index contributed by atoms with van der Waals surface area (Å²) in [4.78, 5) is 40.3. The molecule has 1 N–H and O–H groups in total. The van der Waals surface area contributed by atoms with Gasteiger partial charge in [-0.05, 0) is 51.5 Å². The third-order valence-corrected chi connectivity index (χ3v) is 5.09. The van der Waals surface area contributed by atoms with E-state index < -0.39 is 23.8 Å². The molecular weight excluding hydrogens is 486 g/mol. The molecule has 0 aliphatic carbocycles. The number of alkyl carbamates (subject to hydrolysis) is 1. The fraction of sp³-hybridized carbons (Fsp3) is 0.259. The zero-order valence-corrected chi connectivity index (χ0v) is 21.6. The minimum absolute atomic E-state index is 0.0227. The van der Waals surface area contributed by atoms with Gasteiger partial charge in [0.05, 0.1) is 11.7 Å². The van der Waals surface area contributed by atoms with Crippen molar-refractivity contribution in [2.75, 3.05) is 4.90 Å². The predicted octanol–water partition coefficient (Wildman–Crippen LogP) is 5.12. The molecule has 11 nitrogen and oxygen atoms in total. The van der Waals surface area contributed by atoms with Crippen molar-refractivity contribution in [1.82, 2.24) is 30.0 Å². The van der Waals surface area contributed by atoms with Gasteiger partial charge in [0.1, 0.15) is 12.2 Å². The summed E-state index contributed by atoms with van der Waals surface area (Å²) in [7, 11) is 0. The van der Waals surface area contributed by atoms with Gasteiger partial charge >= 0.3 is 12.2 Å². The Hall–Kier alpha value is -4.80. The van der Waals surface area contributed by atoms with Crippen molar-refractivity contribution in [3.8, 4) is 5.95 Å². The van der Waals surface area contributed by atoms with Gasteiger partial charge in [-0.25, -0.2) is 24.5 Å². The van der Waals surface area contributed by atoms with Crippen LogP contribution in [0.1, 0.15) is 45.1 Å². The Morgan fingerprint density at radius 3 is 2.24 bits per heavy atom. The highest BCUT2D eigenvalue weighted by molar-refractivity contribution is 5.93. The van der Waals surface area contributed by atoms with Gasteiger partial charge in [0.15, 0.2) is 5.82 Å². The minimum Gasteiger partial charge on any atom is -0.444 e. The standard InChI is InChI=1S/C27H29N7O4/c1-19(30-25(35)38-27(2,3)4)22-31-24(32-34(22)23-28-16-11-17-29-23)33(21-14-9-6-10-15-21)26(36)37-18-20-12-7-5-8-13-20/h5-17,19H,18H2,1-4H3,(H,30,35). The summed E-state index contributed by atoms with van der Waals surface area (Å²) in [5.74, 6) is 0.521. The van der Waals surface area contributed by atoms with Gasteiger partial charge in [0.2, 0.25) is 0 Å². The van der Waals surface area contributed by atoms with Crippen LogP contribution >= 0.6 is 0 Å². The topological polar surface area (TPSA) is 124 Å². The first-order valence-corrected chi connectivity index (χ1v) is 12.0. The largest absolute Gasteiger partial charge is 0.444 e. The number of anilines is 2. The Bertz CT molecular complexity index is 1360. The van der Waals surface area contributed by atoms with Gasteiger partial charge in [0.25, 0.3) is 11.9 Å². The summed E-state index contributed by atoms with van der Waals surface area (Å²) in [6, 6.07) is 19.2. The molecule has 196 valence electrons. The Kier molecular flexibility index (Phi) is 7.95. The lowest BCUT2D eigenvalue weighted by Crippen LogP contribution is -2.35. The van der Waals surface area contributed by atoms with Crippen molar-refractivity contribution in [1.29, 1.82) is 0 Å². The molecule has 0 aliphatic heterocycles. The first-order valence-electron chi connectivity index (χ1n) is 12.0. The molecule has 0 saturated carbocycles. The zero-order valence-electron chi connectivity index (χ0n) is 21.6. The highest BCUT2D eigenvalue weighted by Crippen LogP contribution is 2.26. The van der Waals surface area contributed by atoms with Crippen molar-refractivity contribution in [2.24, 2.45) is 0 Å². The number of hydrogen-bond acceptors (Lipinski definition) is 8. The van der Waals surface area contributed by atoms with Crippen LogP contribution in [0.25, 0.3) is 5.95 Å². The SMILES string of the molecule is CC(NC(=O)OC(C)(C)C)c1nc(N(C(=O)OCc2ccccc2)c2ccccc2)nn1-c1ncccn1. The van der Waals surface area contributed by atoms with Crippen molar-refractivity contribution >= 4 is 23.8 Å². The van der Waals surface area contributed by atoms with Crippen LogP contribution in [0.4, 0.5) is 21.2 Å². The number of carbonyl (C=O) groups is 2. The third kappa shape index (κ3) is 6.69. The van der Waals surface area contributed by atoms with E-state index in [1.165, 1.54) is 9.58 Å². The molecule has 0 fully saturated rings. The summed E-state index contributed by atoms with van der Waals surface area (Å²) in [6.45, 7) is 7.10. The second kappa shape index (κ2) is 11.5. The molecule has 0 bridgehead atoms. The fourth-order valence-corrected chi connectivity index (χ4v) is 3.45. The second-order valence-corrected chi connectivity index (χ2v) is 9.31. The molecule has 4 aromatic rings. The number of nitrogens with zero attached hydrogens (tertiary/aromatic N) is 6. The quantitative estimate of drug-likeness (QED) is 0.360. The average molecular weight is 516 g/mol. The Morgan fingerprint density at radius 1 is 0.974 bits per heavy atom. The lowest BCUT2D eigenvalue weighted by molar-refractivity contribution is 0.0505. The number of amides is 2. The summed E-state index contributed by atoms with van der Waals surface area (Å²) < 4.78 is 12.4. The Labute approximate surface area is 220 Å². The molecule has 1 unspecified atom stereocenters. The summed E-state index contributed by atoms with van der Waals surface area (Å²) >= 11 is 0. The number of para-hydroxylation sites is 1. The summed E-state index contributed by atoms with van der Waals surface area (Å²) in [5, 5.41) is 7.31. The number of ether oxygens (including phenoxy) is 2. The highest BCUT2D eigenvalue weighted by Gasteiger charge is 2.29. The van der Waals surface area contributed by atoms with Crippen molar-refractivity contribution in [2.45, 2.75) is 45.9 Å². The van der Waals surface area contributed by atoms with E-state index in [4.69, 9.17) is 9.47 Å². The van der Waals surface area contributed by atoms with Crippen LogP contribution in [-0.4, -0.2) is 42.5 Å². The van der Waals surface area contributed by atoms with Crippen LogP contribution in [-0.2, 0) is 16.1 Å². The van der Waals surface area contributed by atoms with E-state index in [0.29, 0.717) is 5.69 Å². The van der Waals surface area contributed by atoms with Gasteiger partial charge in [-0.15, -0.1) is 5.10 Å². The first kappa shape index (κ1) is 26.3.